The van der Waals surface area contributed by atoms with Gasteiger partial charge in [-0.3, -0.25) is 9.69 Å². The Morgan fingerprint density at radius 1 is 1.30 bits per heavy atom. The highest BCUT2D eigenvalue weighted by Gasteiger charge is 2.33. The predicted molar refractivity (Wildman–Crippen MR) is 116 cm³/mol. The van der Waals surface area contributed by atoms with Gasteiger partial charge in [0, 0.05) is 30.7 Å². The Labute approximate surface area is 183 Å². The first-order valence-electron chi connectivity index (χ1n) is 11.0. The Balaban J connectivity index is 1.26. The minimum atomic E-state index is -0.0599. The molecule has 0 radical (unpaired) electrons. The molecule has 7 heteroatoms. The second kappa shape index (κ2) is 9.84. The molecule has 0 bridgehead atoms. The number of carbonyl (C=O) groups excluding carboxylic acids is 1. The van der Waals surface area contributed by atoms with Gasteiger partial charge < -0.3 is 14.2 Å². The van der Waals surface area contributed by atoms with Gasteiger partial charge in [-0.1, -0.05) is 29.7 Å². The van der Waals surface area contributed by atoms with E-state index < -0.39 is 0 Å². The zero-order valence-electron chi connectivity index (χ0n) is 17.6. The third kappa shape index (κ3) is 5.16. The fraction of sp³-hybridized carbons (Fsp3) is 0.565. The molecule has 6 nitrogen and oxygen atoms in total. The Morgan fingerprint density at radius 3 is 2.77 bits per heavy atom. The first-order chi connectivity index (χ1) is 14.6. The van der Waals surface area contributed by atoms with E-state index in [-0.39, 0.29) is 12.0 Å². The van der Waals surface area contributed by atoms with E-state index in [1.54, 1.807) is 6.07 Å². The van der Waals surface area contributed by atoms with Crippen molar-refractivity contribution in [1.29, 1.82) is 0 Å². The van der Waals surface area contributed by atoms with Gasteiger partial charge in [0.25, 0.3) is 5.91 Å². The number of amides is 1. The highest BCUT2D eigenvalue weighted by molar-refractivity contribution is 6.31. The zero-order chi connectivity index (χ0) is 20.9. The molecular weight excluding hydrogens is 402 g/mol. The lowest BCUT2D eigenvalue weighted by Gasteiger charge is -2.38. The van der Waals surface area contributed by atoms with Crippen LogP contribution >= 0.6 is 11.6 Å². The van der Waals surface area contributed by atoms with Gasteiger partial charge in [-0.25, -0.2) is 0 Å². The van der Waals surface area contributed by atoms with E-state index in [0.717, 1.165) is 62.8 Å². The van der Waals surface area contributed by atoms with Crippen molar-refractivity contribution in [2.24, 2.45) is 5.92 Å². The van der Waals surface area contributed by atoms with E-state index in [1.165, 1.54) is 24.7 Å². The number of nitrogens with zero attached hydrogens (tertiary/aromatic N) is 3. The molecule has 0 N–H and O–H groups in total. The normalized spacial score (nSPS) is 21.4. The summed E-state index contributed by atoms with van der Waals surface area (Å²) in [6, 6.07) is 7.68. The molecule has 2 heterocycles. The summed E-state index contributed by atoms with van der Waals surface area (Å²) in [6.45, 7) is 6.76. The van der Waals surface area contributed by atoms with Crippen LogP contribution in [-0.4, -0.2) is 53.1 Å². The third-order valence-electron chi connectivity index (χ3n) is 6.03. The van der Waals surface area contributed by atoms with Crippen molar-refractivity contribution in [2.45, 2.75) is 51.7 Å². The Hall–Kier alpha value is -2.05. The highest BCUT2D eigenvalue weighted by atomic mass is 35.5. The molecule has 1 saturated heterocycles. The van der Waals surface area contributed by atoms with Gasteiger partial charge in [0.1, 0.15) is 12.0 Å². The van der Waals surface area contributed by atoms with Gasteiger partial charge in [-0.2, -0.15) is 0 Å². The molecule has 0 atom stereocenters. The number of halogens is 1. The first-order valence-corrected chi connectivity index (χ1v) is 11.4. The Bertz CT molecular complexity index is 830. The van der Waals surface area contributed by atoms with Gasteiger partial charge in [0.05, 0.1) is 6.10 Å². The van der Waals surface area contributed by atoms with E-state index in [2.05, 4.69) is 23.0 Å². The summed E-state index contributed by atoms with van der Waals surface area (Å²) in [7, 11) is 0. The van der Waals surface area contributed by atoms with E-state index in [1.807, 2.05) is 17.0 Å². The Kier molecular flexibility index (Phi) is 6.95. The summed E-state index contributed by atoms with van der Waals surface area (Å²) >= 11 is 6.50. The van der Waals surface area contributed by atoms with Crippen LogP contribution in [0.1, 0.15) is 55.1 Å². The highest BCUT2D eigenvalue weighted by Crippen LogP contribution is 2.34. The quantitative estimate of drug-likeness (QED) is 0.579. The molecule has 1 aliphatic heterocycles. The van der Waals surface area contributed by atoms with Gasteiger partial charge in [0.2, 0.25) is 0 Å². The lowest BCUT2D eigenvalue weighted by Crippen LogP contribution is -2.43. The van der Waals surface area contributed by atoms with E-state index >= 15 is 0 Å². The van der Waals surface area contributed by atoms with Crippen molar-refractivity contribution in [3.05, 3.63) is 46.8 Å². The van der Waals surface area contributed by atoms with Crippen LogP contribution in [0.3, 0.4) is 0 Å². The molecule has 1 aromatic heterocycles. The van der Waals surface area contributed by atoms with Gasteiger partial charge >= 0.3 is 0 Å². The molecule has 0 unspecified atom stereocenters. The van der Waals surface area contributed by atoms with Crippen molar-refractivity contribution in [3.8, 4) is 5.75 Å². The standard InChI is InChI=1S/C23H30ClN3O3/c1-2-8-27(23(28)22-7-11-29-25-22)15-17-12-20(13-17)30-19-6-5-18(21(24)14-19)16-26-9-3-4-10-26/h5-7,11,14,17,20H,2-4,8-10,12-13,15-16H2,1H3. The van der Waals surface area contributed by atoms with Crippen molar-refractivity contribution in [1.82, 2.24) is 15.0 Å². The van der Waals surface area contributed by atoms with Crippen LogP contribution in [0.2, 0.25) is 5.02 Å². The summed E-state index contributed by atoms with van der Waals surface area (Å²) in [6.07, 6.45) is 6.98. The molecule has 1 aliphatic carbocycles. The Morgan fingerprint density at radius 2 is 2.10 bits per heavy atom. The van der Waals surface area contributed by atoms with Crippen LogP contribution in [0.15, 0.2) is 35.1 Å². The molecule has 2 aromatic rings. The van der Waals surface area contributed by atoms with E-state index in [4.69, 9.17) is 20.9 Å². The number of hydrogen-bond acceptors (Lipinski definition) is 5. The number of carbonyl (C=O) groups is 1. The van der Waals surface area contributed by atoms with Gasteiger partial charge in [-0.15, -0.1) is 0 Å². The fourth-order valence-corrected chi connectivity index (χ4v) is 4.60. The molecule has 1 aromatic carbocycles. The monoisotopic (exact) mass is 431 g/mol. The van der Waals surface area contributed by atoms with Crippen LogP contribution in [0.5, 0.6) is 5.75 Å². The maximum Gasteiger partial charge on any atom is 0.276 e. The van der Waals surface area contributed by atoms with Crippen molar-refractivity contribution in [3.63, 3.8) is 0 Å². The number of aromatic nitrogens is 1. The smallest absolute Gasteiger partial charge is 0.276 e. The summed E-state index contributed by atoms with van der Waals surface area (Å²) in [5, 5.41) is 4.56. The number of ether oxygens (including phenoxy) is 1. The predicted octanol–water partition coefficient (Wildman–Crippen LogP) is 4.63. The third-order valence-corrected chi connectivity index (χ3v) is 6.38. The molecule has 1 saturated carbocycles. The largest absolute Gasteiger partial charge is 0.490 e. The molecule has 2 aliphatic rings. The summed E-state index contributed by atoms with van der Waals surface area (Å²) in [4.78, 5) is 16.9. The average molecular weight is 432 g/mol. The first kappa shape index (κ1) is 21.2. The molecule has 0 spiro atoms. The molecule has 162 valence electrons. The van der Waals surface area contributed by atoms with E-state index in [0.29, 0.717) is 11.6 Å². The van der Waals surface area contributed by atoms with Crippen LogP contribution in [0.4, 0.5) is 0 Å². The molecule has 2 fully saturated rings. The second-order valence-electron chi connectivity index (χ2n) is 8.45. The molecule has 30 heavy (non-hydrogen) atoms. The van der Waals surface area contributed by atoms with Crippen molar-refractivity contribution in [2.75, 3.05) is 26.2 Å². The number of benzene rings is 1. The molecular formula is C23H30ClN3O3. The number of likely N-dealkylation sites (tertiary alicyclic amines) is 1. The van der Waals surface area contributed by atoms with Crippen LogP contribution < -0.4 is 4.74 Å². The zero-order valence-corrected chi connectivity index (χ0v) is 18.3. The molecule has 1 amide bonds. The minimum Gasteiger partial charge on any atom is -0.490 e. The van der Waals surface area contributed by atoms with Crippen LogP contribution in [0.25, 0.3) is 0 Å². The van der Waals surface area contributed by atoms with E-state index in [9.17, 15) is 4.79 Å². The minimum absolute atomic E-state index is 0.0599. The van der Waals surface area contributed by atoms with Crippen molar-refractivity contribution >= 4 is 17.5 Å². The maximum absolute atomic E-state index is 12.6. The average Bonchev–Trinajstić information content (AvgIpc) is 3.41. The number of hydrogen-bond donors (Lipinski definition) is 0. The number of rotatable bonds is 9. The summed E-state index contributed by atoms with van der Waals surface area (Å²) in [5.74, 6) is 1.22. The van der Waals surface area contributed by atoms with Crippen molar-refractivity contribution < 1.29 is 14.1 Å². The van der Waals surface area contributed by atoms with Gasteiger partial charge in [0.15, 0.2) is 5.69 Å². The lowest BCUT2D eigenvalue weighted by atomic mass is 9.81. The fourth-order valence-electron chi connectivity index (χ4n) is 4.37. The summed E-state index contributed by atoms with van der Waals surface area (Å²) in [5.41, 5.74) is 1.54. The SMILES string of the molecule is CCCN(CC1CC(Oc2ccc(CN3CCCC3)c(Cl)c2)C1)C(=O)c1ccon1. The van der Waals surface area contributed by atoms with Crippen LogP contribution in [-0.2, 0) is 6.54 Å². The second-order valence-corrected chi connectivity index (χ2v) is 8.86. The lowest BCUT2D eigenvalue weighted by molar-refractivity contribution is 0.0368. The maximum atomic E-state index is 12.6. The summed E-state index contributed by atoms with van der Waals surface area (Å²) < 4.78 is 10.9. The topological polar surface area (TPSA) is 58.8 Å². The van der Waals surface area contributed by atoms with Crippen LogP contribution in [0, 0.1) is 5.92 Å². The van der Waals surface area contributed by atoms with Gasteiger partial charge in [-0.05, 0) is 68.8 Å². The molecule has 4 rings (SSSR count).